The Morgan fingerprint density at radius 3 is 1.80 bits per heavy atom. The number of rotatable bonds is 3. The van der Waals surface area contributed by atoms with Crippen LogP contribution in [0.5, 0.6) is 0 Å². The minimum atomic E-state index is -0.215. The number of hydrogen-bond donors (Lipinski definition) is 0. The van der Waals surface area contributed by atoms with Gasteiger partial charge in [-0.05, 0) is 45.9 Å². The Kier molecular flexibility index (Phi) is 2.96. The normalized spacial score (nSPS) is 11.0. The van der Waals surface area contributed by atoms with Crippen molar-refractivity contribution in [1.82, 2.24) is 29.1 Å². The van der Waals surface area contributed by atoms with E-state index in [1.54, 1.807) is 6.20 Å². The number of aryl methyl sites for hydroxylation is 4. The highest BCUT2D eigenvalue weighted by Gasteiger charge is 2.30. The fourth-order valence-electron chi connectivity index (χ4n) is 2.50. The van der Waals surface area contributed by atoms with Crippen molar-refractivity contribution >= 4 is 7.12 Å². The molecule has 0 aliphatic heterocycles. The average Bonchev–Trinajstić information content (AvgIpc) is 3.05. The Labute approximate surface area is 118 Å². The van der Waals surface area contributed by atoms with Gasteiger partial charge in [0.25, 0.3) is 0 Å². The molecule has 0 atom stereocenters. The second-order valence-corrected chi connectivity index (χ2v) is 5.08. The molecule has 20 heavy (non-hydrogen) atoms. The Morgan fingerprint density at radius 1 is 0.900 bits per heavy atom. The first-order valence-electron chi connectivity index (χ1n) is 6.61. The summed E-state index contributed by atoms with van der Waals surface area (Å²) in [6, 6.07) is 6.02. The molecule has 0 aliphatic rings. The maximum Gasteiger partial charge on any atom is 0.569 e. The van der Waals surface area contributed by atoms with Crippen LogP contribution in [0.4, 0.5) is 0 Å². The quantitative estimate of drug-likeness (QED) is 0.675. The summed E-state index contributed by atoms with van der Waals surface area (Å²) < 4.78 is 5.75. The molecule has 3 heterocycles. The molecule has 3 rings (SSSR count). The topological polar surface area (TPSA) is 53.5 Å². The second kappa shape index (κ2) is 4.66. The van der Waals surface area contributed by atoms with Gasteiger partial charge < -0.3 is 0 Å². The Balaban J connectivity index is 2.19. The highest BCUT2D eigenvalue weighted by atomic mass is 15.5. The summed E-state index contributed by atoms with van der Waals surface area (Å²) in [5.74, 6) is 0. The molecule has 0 fully saturated rings. The van der Waals surface area contributed by atoms with E-state index in [0.29, 0.717) is 0 Å². The summed E-state index contributed by atoms with van der Waals surface area (Å²) >= 11 is 0. The van der Waals surface area contributed by atoms with E-state index in [2.05, 4.69) is 27.4 Å². The van der Waals surface area contributed by atoms with Gasteiger partial charge in [0, 0.05) is 23.8 Å². The molecular weight excluding hydrogens is 251 g/mol. The molecule has 0 aliphatic carbocycles. The summed E-state index contributed by atoms with van der Waals surface area (Å²) in [7, 11) is -0.215. The number of hydrogen-bond acceptors (Lipinski definition) is 3. The molecule has 0 saturated heterocycles. The first-order chi connectivity index (χ1) is 9.56. The molecule has 0 N–H and O–H groups in total. The van der Waals surface area contributed by atoms with E-state index in [-0.39, 0.29) is 7.12 Å². The molecule has 0 aromatic carbocycles. The van der Waals surface area contributed by atoms with Crippen LogP contribution in [0.1, 0.15) is 22.8 Å². The van der Waals surface area contributed by atoms with Gasteiger partial charge >= 0.3 is 7.12 Å². The maximum atomic E-state index is 4.59. The van der Waals surface area contributed by atoms with Crippen LogP contribution in [0, 0.1) is 27.7 Å². The van der Waals surface area contributed by atoms with Crippen LogP contribution < -0.4 is 0 Å². The minimum Gasteiger partial charge on any atom is -0.269 e. The summed E-state index contributed by atoms with van der Waals surface area (Å²) in [5, 5.41) is 13.5. The fraction of sp³-hybridized carbons (Fsp3) is 0.308. The minimum absolute atomic E-state index is 0.215. The second-order valence-electron chi connectivity index (χ2n) is 5.08. The number of nitrogens with zero attached hydrogens (tertiary/aromatic N) is 6. The van der Waals surface area contributed by atoms with Gasteiger partial charge in [0.2, 0.25) is 0 Å². The lowest BCUT2D eigenvalue weighted by Crippen LogP contribution is -2.44. The molecule has 0 amide bonds. The zero-order valence-corrected chi connectivity index (χ0v) is 12.1. The molecule has 0 bridgehead atoms. The van der Waals surface area contributed by atoms with E-state index >= 15 is 0 Å². The molecule has 0 radical (unpaired) electrons. The molecule has 6 nitrogen and oxygen atoms in total. The van der Waals surface area contributed by atoms with E-state index in [1.807, 2.05) is 53.7 Å². The van der Waals surface area contributed by atoms with Gasteiger partial charge in [-0.2, -0.15) is 15.3 Å². The van der Waals surface area contributed by atoms with Crippen LogP contribution in [-0.2, 0) is 0 Å². The predicted molar refractivity (Wildman–Crippen MR) is 77.6 cm³/mol. The van der Waals surface area contributed by atoms with E-state index < -0.39 is 0 Å². The summed E-state index contributed by atoms with van der Waals surface area (Å²) in [5.41, 5.74) is 4.13. The van der Waals surface area contributed by atoms with Crippen molar-refractivity contribution in [2.45, 2.75) is 27.7 Å². The van der Waals surface area contributed by atoms with Crippen LogP contribution in [0.2, 0.25) is 0 Å². The first kappa shape index (κ1) is 12.7. The van der Waals surface area contributed by atoms with Crippen molar-refractivity contribution in [3.05, 3.63) is 53.4 Å². The molecule has 7 heteroatoms. The van der Waals surface area contributed by atoms with Crippen molar-refractivity contribution < 1.29 is 0 Å². The smallest absolute Gasteiger partial charge is 0.269 e. The van der Waals surface area contributed by atoms with Crippen molar-refractivity contribution in [1.29, 1.82) is 0 Å². The van der Waals surface area contributed by atoms with Crippen molar-refractivity contribution in [2.75, 3.05) is 0 Å². The zero-order valence-electron chi connectivity index (χ0n) is 12.1. The van der Waals surface area contributed by atoms with Gasteiger partial charge in [-0.3, -0.25) is 13.8 Å². The van der Waals surface area contributed by atoms with Crippen molar-refractivity contribution in [3.63, 3.8) is 0 Å². The highest BCUT2D eigenvalue weighted by molar-refractivity contribution is 6.53. The van der Waals surface area contributed by atoms with Gasteiger partial charge in [-0.1, -0.05) is 0 Å². The summed E-state index contributed by atoms with van der Waals surface area (Å²) in [4.78, 5) is 0. The molecule has 0 saturated carbocycles. The third-order valence-electron chi connectivity index (χ3n) is 3.29. The zero-order chi connectivity index (χ0) is 14.3. The van der Waals surface area contributed by atoms with Crippen LogP contribution in [0.15, 0.2) is 30.6 Å². The molecular formula is C13H17BN6. The Hall–Kier alpha value is -2.31. The lowest BCUT2D eigenvalue weighted by molar-refractivity contribution is 0.742. The summed E-state index contributed by atoms with van der Waals surface area (Å²) in [6.45, 7) is 8.07. The van der Waals surface area contributed by atoms with Gasteiger partial charge in [0.1, 0.15) is 0 Å². The average molecular weight is 268 g/mol. The molecule has 3 aromatic heterocycles. The molecule has 3 aromatic rings. The van der Waals surface area contributed by atoms with Gasteiger partial charge in [-0.25, -0.2) is 0 Å². The van der Waals surface area contributed by atoms with Crippen molar-refractivity contribution in [2.24, 2.45) is 0 Å². The lowest BCUT2D eigenvalue weighted by atomic mass is 9.94. The standard InChI is InChI=1S/C13H17BN6/c1-10-8-12(3)19(16-10)14(18-7-5-6-15-18)20-13(4)9-11(2)17-20/h5-9H,1-4H3. The van der Waals surface area contributed by atoms with Crippen molar-refractivity contribution in [3.8, 4) is 0 Å². The third-order valence-corrected chi connectivity index (χ3v) is 3.29. The van der Waals surface area contributed by atoms with Crippen LogP contribution in [0.25, 0.3) is 0 Å². The van der Waals surface area contributed by atoms with Crippen LogP contribution in [0.3, 0.4) is 0 Å². The largest absolute Gasteiger partial charge is 0.569 e. The van der Waals surface area contributed by atoms with Crippen LogP contribution >= 0.6 is 0 Å². The molecule has 0 unspecified atom stereocenters. The molecule has 102 valence electrons. The maximum absolute atomic E-state index is 4.59. The van der Waals surface area contributed by atoms with Gasteiger partial charge in [-0.15, -0.1) is 0 Å². The predicted octanol–water partition coefficient (Wildman–Crippen LogP) is 1.44. The Morgan fingerprint density at radius 2 is 1.45 bits per heavy atom. The van der Waals surface area contributed by atoms with E-state index in [4.69, 9.17) is 0 Å². The van der Waals surface area contributed by atoms with E-state index in [0.717, 1.165) is 22.8 Å². The van der Waals surface area contributed by atoms with Crippen LogP contribution in [-0.4, -0.2) is 36.2 Å². The summed E-state index contributed by atoms with van der Waals surface area (Å²) in [6.07, 6.45) is 3.70. The third kappa shape index (κ3) is 2.05. The van der Waals surface area contributed by atoms with Gasteiger partial charge in [0.05, 0.1) is 11.4 Å². The fourth-order valence-corrected chi connectivity index (χ4v) is 2.50. The lowest BCUT2D eigenvalue weighted by Gasteiger charge is -2.16. The number of aromatic nitrogens is 6. The first-order valence-corrected chi connectivity index (χ1v) is 6.61. The van der Waals surface area contributed by atoms with E-state index in [9.17, 15) is 0 Å². The van der Waals surface area contributed by atoms with Gasteiger partial charge in [0.15, 0.2) is 0 Å². The monoisotopic (exact) mass is 268 g/mol. The Bertz CT molecular complexity index is 678. The molecule has 0 spiro atoms. The van der Waals surface area contributed by atoms with E-state index in [1.165, 1.54) is 0 Å². The highest BCUT2D eigenvalue weighted by Crippen LogP contribution is 2.09. The SMILES string of the molecule is Cc1cc(C)n(B(n2cccn2)n2nc(C)cc2C)n1.